The Morgan fingerprint density at radius 3 is 0.860 bits per heavy atom. The molecule has 7 heteroatoms. The molecule has 0 saturated heterocycles. The molecule has 2 aliphatic rings. The molecule has 0 nitrogen and oxygen atoms in total. The van der Waals surface area contributed by atoms with Crippen LogP contribution in [-0.2, 0) is 0 Å². The summed E-state index contributed by atoms with van der Waals surface area (Å²) in [5.41, 5.74) is 0. The van der Waals surface area contributed by atoms with Gasteiger partial charge in [-0.05, 0) is 0 Å². The minimum atomic E-state index is -3.02. The standard InChI is InChI=1S/C36H26GeP2S4/c1-3-15-27(16-4-1)38-29-19-7-11-23-33(29)40-37(41-34-24-12-8-20-30(34)38)42-35-25-13-9-21-31(35)39(28-17-5-2-6-18-28)32-22-10-14-26-36(32)43-37/h1-26H/p+2. The van der Waals surface area contributed by atoms with Gasteiger partial charge < -0.3 is 0 Å². The summed E-state index contributed by atoms with van der Waals surface area (Å²) in [6.07, 6.45) is 0. The molecule has 0 bridgehead atoms. The van der Waals surface area contributed by atoms with E-state index in [4.69, 9.17) is 0 Å². The number of benzene rings is 6. The van der Waals surface area contributed by atoms with E-state index in [0.717, 1.165) is 0 Å². The molecule has 6 aromatic carbocycles. The topological polar surface area (TPSA) is 0 Å². The third kappa shape index (κ3) is 5.59. The van der Waals surface area contributed by atoms with Crippen molar-refractivity contribution in [1.82, 2.24) is 0 Å². The van der Waals surface area contributed by atoms with Crippen LogP contribution in [0.25, 0.3) is 0 Å². The van der Waals surface area contributed by atoms with Crippen LogP contribution in [0.3, 0.4) is 0 Å². The Morgan fingerprint density at radius 1 is 0.302 bits per heavy atom. The van der Waals surface area contributed by atoms with Gasteiger partial charge in [0.05, 0.1) is 0 Å². The zero-order valence-corrected chi connectivity index (χ0v) is 30.5. The maximum atomic E-state index is 2.42. The first-order chi connectivity index (χ1) is 21.3. The summed E-state index contributed by atoms with van der Waals surface area (Å²) in [7, 11) is 3.61. The molecule has 8 rings (SSSR count). The van der Waals surface area contributed by atoms with Crippen LogP contribution in [0.5, 0.6) is 0 Å². The van der Waals surface area contributed by atoms with E-state index in [1.807, 2.05) is 0 Å². The van der Waals surface area contributed by atoms with Crippen molar-refractivity contribution in [3.63, 3.8) is 0 Å². The van der Waals surface area contributed by atoms with E-state index < -0.39 is 24.5 Å². The summed E-state index contributed by atoms with van der Waals surface area (Å²) < 4.78 is 0. The number of hydrogen-bond acceptors (Lipinski definition) is 4. The van der Waals surface area contributed by atoms with E-state index in [-0.39, 0.29) is 0 Å². The van der Waals surface area contributed by atoms with Crippen molar-refractivity contribution in [2.24, 2.45) is 0 Å². The summed E-state index contributed by atoms with van der Waals surface area (Å²) in [4.78, 5) is 5.91. The quantitative estimate of drug-likeness (QED) is 0.131. The van der Waals surface area contributed by atoms with E-state index in [2.05, 4.69) is 198 Å². The van der Waals surface area contributed by atoms with Crippen molar-refractivity contribution in [3.05, 3.63) is 158 Å². The summed E-state index contributed by atoms with van der Waals surface area (Å²) in [6.45, 7) is 0. The Labute approximate surface area is 271 Å². The molecular formula is C36H28GeP2S4+2. The molecule has 0 unspecified atom stereocenters. The van der Waals surface area contributed by atoms with Crippen LogP contribution < -0.4 is 31.8 Å². The average molecular weight is 723 g/mol. The van der Waals surface area contributed by atoms with Crippen LogP contribution in [0.15, 0.2) is 177 Å². The van der Waals surface area contributed by atoms with Gasteiger partial charge in [0.2, 0.25) is 0 Å². The van der Waals surface area contributed by atoms with Crippen molar-refractivity contribution in [2.45, 2.75) is 19.6 Å². The molecule has 0 radical (unpaired) electrons. The van der Waals surface area contributed by atoms with Gasteiger partial charge in [-0.25, -0.2) is 0 Å². The molecular weight excluding hydrogens is 695 g/mol. The molecule has 2 heterocycles. The molecule has 0 aliphatic carbocycles. The van der Waals surface area contributed by atoms with E-state index in [1.54, 1.807) is 0 Å². The second-order valence-electron chi connectivity index (χ2n) is 10.4. The van der Waals surface area contributed by atoms with Crippen molar-refractivity contribution < 1.29 is 0 Å². The molecule has 6 aromatic rings. The molecule has 0 saturated carbocycles. The number of hydrogen-bond donors (Lipinski definition) is 0. The molecule has 0 amide bonds. The average Bonchev–Trinajstić information content (AvgIpc) is 3.04. The fourth-order valence-electron chi connectivity index (χ4n) is 5.83. The molecule has 43 heavy (non-hydrogen) atoms. The van der Waals surface area contributed by atoms with Gasteiger partial charge in [0, 0.05) is 0 Å². The zero-order chi connectivity index (χ0) is 28.6. The van der Waals surface area contributed by atoms with Crippen LogP contribution >= 0.6 is 56.2 Å². The van der Waals surface area contributed by atoms with Crippen LogP contribution in [-0.4, -0.2) is 8.70 Å². The molecule has 1 spiro atoms. The molecule has 208 valence electrons. The van der Waals surface area contributed by atoms with Crippen LogP contribution in [0, 0.1) is 0 Å². The fraction of sp³-hybridized carbons (Fsp3) is 0. The predicted molar refractivity (Wildman–Crippen MR) is 202 cm³/mol. The summed E-state index contributed by atoms with van der Waals surface area (Å²) in [5.74, 6) is 0. The third-order valence-electron chi connectivity index (χ3n) is 7.69. The van der Waals surface area contributed by atoms with Crippen LogP contribution in [0.2, 0.25) is 0 Å². The summed E-state index contributed by atoms with van der Waals surface area (Å²) in [6, 6.07) is 59.8. The Bertz CT molecular complexity index is 1680. The second-order valence-corrected chi connectivity index (χ2v) is 45.8. The van der Waals surface area contributed by atoms with Gasteiger partial charge in [-0.15, -0.1) is 0 Å². The monoisotopic (exact) mass is 724 g/mol. The van der Waals surface area contributed by atoms with E-state index in [0.29, 0.717) is 0 Å². The molecule has 0 aromatic heterocycles. The van der Waals surface area contributed by atoms with Gasteiger partial charge in [-0.3, -0.25) is 0 Å². The normalized spacial score (nSPS) is 20.7. The Balaban J connectivity index is 1.35. The Kier molecular flexibility index (Phi) is 8.30. The van der Waals surface area contributed by atoms with Crippen LogP contribution in [0.4, 0.5) is 0 Å². The molecule has 0 fully saturated rings. The van der Waals surface area contributed by atoms with E-state index in [9.17, 15) is 0 Å². The van der Waals surface area contributed by atoms with E-state index >= 15 is 0 Å². The Hall–Kier alpha value is -1.88. The van der Waals surface area contributed by atoms with Gasteiger partial charge in [0.25, 0.3) is 0 Å². The van der Waals surface area contributed by atoms with Crippen molar-refractivity contribution in [2.75, 3.05) is 0 Å². The molecule has 0 N–H and O–H groups in total. The zero-order valence-electron chi connectivity index (χ0n) is 23.1. The summed E-state index contributed by atoms with van der Waals surface area (Å²) >= 11 is 0. The predicted octanol–water partition coefficient (Wildman–Crippen LogP) is 8.20. The van der Waals surface area contributed by atoms with Crippen molar-refractivity contribution >= 4 is 96.7 Å². The number of rotatable bonds is 2. The minimum absolute atomic E-state index is 1.16. The van der Waals surface area contributed by atoms with Crippen molar-refractivity contribution in [1.29, 1.82) is 0 Å². The van der Waals surface area contributed by atoms with Crippen molar-refractivity contribution in [3.8, 4) is 0 Å². The first kappa shape index (κ1) is 28.6. The van der Waals surface area contributed by atoms with Gasteiger partial charge in [0.15, 0.2) is 0 Å². The van der Waals surface area contributed by atoms with Gasteiger partial charge in [-0.2, -0.15) is 0 Å². The van der Waals surface area contributed by atoms with Gasteiger partial charge >= 0.3 is 274 Å². The van der Waals surface area contributed by atoms with Crippen LogP contribution in [0.1, 0.15) is 0 Å². The first-order valence-corrected chi connectivity index (χ1v) is 30.8. The molecule has 0 atom stereocenters. The number of fused-ring (bicyclic) bond motifs is 4. The van der Waals surface area contributed by atoms with Gasteiger partial charge in [0.1, 0.15) is 0 Å². The third-order valence-corrected chi connectivity index (χ3v) is 44.9. The summed E-state index contributed by atoms with van der Waals surface area (Å²) in [5, 5.41) is 9.03. The Morgan fingerprint density at radius 2 is 0.558 bits per heavy atom. The van der Waals surface area contributed by atoms with Gasteiger partial charge in [-0.1, -0.05) is 0 Å². The SMILES string of the molecule is c1ccc([PH+]2c3ccccc3[S][Ge]3([S]c4ccccc42)[S]c2ccccc2[PH+](c2ccccc2)c2ccccc2[S]3)cc1. The second kappa shape index (κ2) is 12.5. The molecule has 2 aliphatic heterocycles. The first-order valence-electron chi connectivity index (χ1n) is 14.3. The maximum absolute atomic E-state index is 3.02. The van der Waals surface area contributed by atoms with E-state index in [1.165, 1.54) is 51.4 Å². The fourth-order valence-corrected chi connectivity index (χ4v) is 51.6.